The van der Waals surface area contributed by atoms with E-state index in [1.807, 2.05) is 18.2 Å². The number of carbonyl (C=O) groups is 1. The third-order valence-electron chi connectivity index (χ3n) is 2.90. The molecule has 0 heterocycles. The Balaban J connectivity index is 2.62. The SMILES string of the molecule is CC1(C)C[C@@H](Br)C(=O)c2ccccc21. The van der Waals surface area contributed by atoms with E-state index in [1.165, 1.54) is 5.56 Å². The second kappa shape index (κ2) is 3.20. The van der Waals surface area contributed by atoms with Crippen LogP contribution >= 0.6 is 15.9 Å². The predicted molar refractivity (Wildman–Crippen MR) is 61.1 cm³/mol. The number of benzene rings is 1. The van der Waals surface area contributed by atoms with Gasteiger partial charge in [0.15, 0.2) is 5.78 Å². The minimum atomic E-state index is -0.0209. The van der Waals surface area contributed by atoms with Gasteiger partial charge in [0.2, 0.25) is 0 Å². The second-order valence-corrected chi connectivity index (χ2v) is 5.57. The monoisotopic (exact) mass is 252 g/mol. The van der Waals surface area contributed by atoms with Crippen LogP contribution < -0.4 is 0 Å². The van der Waals surface area contributed by atoms with Gasteiger partial charge in [-0.25, -0.2) is 0 Å². The lowest BCUT2D eigenvalue weighted by Gasteiger charge is -2.34. The first kappa shape index (κ1) is 9.91. The van der Waals surface area contributed by atoms with Crippen LogP contribution in [0.3, 0.4) is 0 Å². The van der Waals surface area contributed by atoms with Gasteiger partial charge in [0.05, 0.1) is 4.83 Å². The molecule has 0 aromatic heterocycles. The zero-order valence-electron chi connectivity index (χ0n) is 8.38. The lowest BCUT2D eigenvalue weighted by atomic mass is 9.72. The smallest absolute Gasteiger partial charge is 0.176 e. The molecule has 2 heteroatoms. The predicted octanol–water partition coefficient (Wildman–Crippen LogP) is 3.31. The van der Waals surface area contributed by atoms with Crippen LogP contribution in [0.1, 0.15) is 36.2 Å². The fourth-order valence-electron chi connectivity index (χ4n) is 2.11. The Bertz CT molecular complexity index is 382. The number of fused-ring (bicyclic) bond motifs is 1. The molecule has 0 bridgehead atoms. The molecule has 1 aromatic carbocycles. The maximum Gasteiger partial charge on any atom is 0.176 e. The summed E-state index contributed by atoms with van der Waals surface area (Å²) in [5.41, 5.74) is 2.16. The summed E-state index contributed by atoms with van der Waals surface area (Å²) >= 11 is 3.45. The summed E-state index contributed by atoms with van der Waals surface area (Å²) in [6.07, 6.45) is 0.878. The summed E-state index contributed by atoms with van der Waals surface area (Å²) < 4.78 is 0. The number of ketones is 1. The van der Waals surface area contributed by atoms with Crippen LogP contribution in [0.5, 0.6) is 0 Å². The Hall–Kier alpha value is -0.630. The van der Waals surface area contributed by atoms with Crippen molar-refractivity contribution in [2.45, 2.75) is 30.5 Å². The van der Waals surface area contributed by atoms with Crippen LogP contribution in [-0.4, -0.2) is 10.6 Å². The van der Waals surface area contributed by atoms with Crippen LogP contribution in [0.2, 0.25) is 0 Å². The highest BCUT2D eigenvalue weighted by molar-refractivity contribution is 9.10. The minimum absolute atomic E-state index is 0.0209. The average Bonchev–Trinajstić information content (AvgIpc) is 2.14. The van der Waals surface area contributed by atoms with Crippen molar-refractivity contribution >= 4 is 21.7 Å². The van der Waals surface area contributed by atoms with Gasteiger partial charge in [-0.3, -0.25) is 4.79 Å². The Morgan fingerprint density at radius 2 is 2.00 bits per heavy atom. The van der Waals surface area contributed by atoms with Gasteiger partial charge in [-0.05, 0) is 17.4 Å². The Morgan fingerprint density at radius 3 is 2.71 bits per heavy atom. The van der Waals surface area contributed by atoms with Gasteiger partial charge >= 0.3 is 0 Å². The molecule has 0 saturated heterocycles. The first-order valence-corrected chi connectivity index (χ1v) is 5.72. The molecule has 0 unspecified atom stereocenters. The number of Topliss-reactive ketones (excluding diaryl/α,β-unsaturated/α-hetero) is 1. The van der Waals surface area contributed by atoms with Gasteiger partial charge in [-0.15, -0.1) is 0 Å². The highest BCUT2D eigenvalue weighted by atomic mass is 79.9. The largest absolute Gasteiger partial charge is 0.293 e. The molecule has 74 valence electrons. The van der Waals surface area contributed by atoms with Crippen molar-refractivity contribution in [1.29, 1.82) is 0 Å². The van der Waals surface area contributed by atoms with Crippen LogP contribution in [0, 0.1) is 0 Å². The summed E-state index contributed by atoms with van der Waals surface area (Å²) in [7, 11) is 0. The fraction of sp³-hybridized carbons (Fsp3) is 0.417. The normalized spacial score (nSPS) is 24.5. The maximum atomic E-state index is 11.9. The van der Waals surface area contributed by atoms with Crippen molar-refractivity contribution in [2.24, 2.45) is 0 Å². The summed E-state index contributed by atoms with van der Waals surface area (Å²) in [6.45, 7) is 4.37. The van der Waals surface area contributed by atoms with Crippen LogP contribution in [0.4, 0.5) is 0 Å². The van der Waals surface area contributed by atoms with Crippen molar-refractivity contribution in [2.75, 3.05) is 0 Å². The zero-order chi connectivity index (χ0) is 10.3. The van der Waals surface area contributed by atoms with E-state index in [2.05, 4.69) is 35.8 Å². The number of rotatable bonds is 0. The molecular formula is C12H13BrO. The molecule has 0 spiro atoms. The average molecular weight is 253 g/mol. The van der Waals surface area contributed by atoms with Gasteiger partial charge in [-0.1, -0.05) is 54.0 Å². The van der Waals surface area contributed by atoms with Crippen LogP contribution in [0.15, 0.2) is 24.3 Å². The summed E-state index contributed by atoms with van der Waals surface area (Å²) in [5, 5.41) is 0. The first-order valence-electron chi connectivity index (χ1n) is 4.80. The third-order valence-corrected chi connectivity index (χ3v) is 3.64. The summed E-state index contributed by atoms with van der Waals surface area (Å²) in [4.78, 5) is 11.8. The number of alkyl halides is 1. The topological polar surface area (TPSA) is 17.1 Å². The molecule has 0 saturated carbocycles. The van der Waals surface area contributed by atoms with E-state index in [1.54, 1.807) is 0 Å². The molecule has 1 nitrogen and oxygen atoms in total. The van der Waals surface area contributed by atoms with Gasteiger partial charge in [-0.2, -0.15) is 0 Å². The van der Waals surface area contributed by atoms with E-state index in [0.717, 1.165) is 12.0 Å². The Morgan fingerprint density at radius 1 is 1.36 bits per heavy atom. The quantitative estimate of drug-likeness (QED) is 0.648. The zero-order valence-corrected chi connectivity index (χ0v) is 9.97. The van der Waals surface area contributed by atoms with Gasteiger partial charge < -0.3 is 0 Å². The first-order chi connectivity index (χ1) is 6.52. The number of halogens is 1. The lowest BCUT2D eigenvalue weighted by Crippen LogP contribution is -2.34. The number of hydrogen-bond donors (Lipinski definition) is 0. The molecule has 0 radical (unpaired) electrons. The lowest BCUT2D eigenvalue weighted by molar-refractivity contribution is 0.0967. The minimum Gasteiger partial charge on any atom is -0.293 e. The number of carbonyl (C=O) groups excluding carboxylic acids is 1. The highest BCUT2D eigenvalue weighted by Crippen LogP contribution is 2.38. The van der Waals surface area contributed by atoms with E-state index < -0.39 is 0 Å². The van der Waals surface area contributed by atoms with Gasteiger partial charge in [0.25, 0.3) is 0 Å². The molecule has 2 rings (SSSR count). The molecular weight excluding hydrogens is 240 g/mol. The van der Waals surface area contributed by atoms with E-state index >= 15 is 0 Å². The molecule has 0 aliphatic heterocycles. The number of hydrogen-bond acceptors (Lipinski definition) is 1. The molecule has 0 fully saturated rings. The molecule has 1 aromatic rings. The van der Waals surface area contributed by atoms with Crippen molar-refractivity contribution in [3.63, 3.8) is 0 Å². The molecule has 1 atom stereocenters. The molecule has 14 heavy (non-hydrogen) atoms. The molecule has 1 aliphatic carbocycles. The van der Waals surface area contributed by atoms with Crippen molar-refractivity contribution in [1.82, 2.24) is 0 Å². The van der Waals surface area contributed by atoms with E-state index in [-0.39, 0.29) is 16.0 Å². The van der Waals surface area contributed by atoms with E-state index in [9.17, 15) is 4.79 Å². The van der Waals surface area contributed by atoms with Crippen LogP contribution in [0.25, 0.3) is 0 Å². The summed E-state index contributed by atoms with van der Waals surface area (Å²) in [5.74, 6) is 0.222. The molecule has 0 N–H and O–H groups in total. The summed E-state index contributed by atoms with van der Waals surface area (Å²) in [6, 6.07) is 7.92. The standard InChI is InChI=1S/C12H13BrO/c1-12(2)7-10(13)11(14)8-5-3-4-6-9(8)12/h3-6,10H,7H2,1-2H3/t10-/m1/s1. The Kier molecular flexibility index (Phi) is 2.26. The van der Waals surface area contributed by atoms with Crippen molar-refractivity contribution < 1.29 is 4.79 Å². The van der Waals surface area contributed by atoms with Crippen molar-refractivity contribution in [3.05, 3.63) is 35.4 Å². The molecule has 0 amide bonds. The third kappa shape index (κ3) is 1.42. The van der Waals surface area contributed by atoms with Gasteiger partial charge in [0, 0.05) is 5.56 Å². The fourth-order valence-corrected chi connectivity index (χ4v) is 3.16. The van der Waals surface area contributed by atoms with E-state index in [4.69, 9.17) is 0 Å². The van der Waals surface area contributed by atoms with Crippen LogP contribution in [-0.2, 0) is 5.41 Å². The Labute approximate surface area is 92.6 Å². The van der Waals surface area contributed by atoms with Gasteiger partial charge in [0.1, 0.15) is 0 Å². The molecule has 1 aliphatic rings. The maximum absolute atomic E-state index is 11.9. The highest BCUT2D eigenvalue weighted by Gasteiger charge is 2.36. The van der Waals surface area contributed by atoms with E-state index in [0.29, 0.717) is 0 Å². The van der Waals surface area contributed by atoms with Crippen molar-refractivity contribution in [3.8, 4) is 0 Å². The second-order valence-electron chi connectivity index (χ2n) is 4.47.